The number of nitro groups is 1. The van der Waals surface area contributed by atoms with Crippen molar-refractivity contribution in [3.05, 3.63) is 21.9 Å². The van der Waals surface area contributed by atoms with Gasteiger partial charge >= 0.3 is 5.82 Å². The lowest BCUT2D eigenvalue weighted by Gasteiger charge is -2.10. The Bertz CT molecular complexity index is 432. The summed E-state index contributed by atoms with van der Waals surface area (Å²) in [5.41, 5.74) is 0.574. The highest BCUT2D eigenvalue weighted by molar-refractivity contribution is 7.80. The maximum atomic E-state index is 11.7. The number of hydrogen-bond acceptors (Lipinski definition) is 5. The molecule has 1 unspecified atom stereocenters. The van der Waals surface area contributed by atoms with Crippen LogP contribution in [0.3, 0.4) is 0 Å². The molecule has 0 radical (unpaired) electrons. The van der Waals surface area contributed by atoms with Crippen LogP contribution in [-0.2, 0) is 4.79 Å². The summed E-state index contributed by atoms with van der Waals surface area (Å²) in [4.78, 5) is 21.6. The van der Waals surface area contributed by atoms with Crippen molar-refractivity contribution < 1.29 is 9.72 Å². The van der Waals surface area contributed by atoms with E-state index in [0.717, 1.165) is 0 Å². The number of nitrogens with zero attached hydrogens (tertiary/aromatic N) is 3. The second-order valence-corrected chi connectivity index (χ2v) is 3.98. The van der Waals surface area contributed by atoms with Crippen molar-refractivity contribution in [2.75, 3.05) is 12.3 Å². The molecular weight excluding hydrogens is 244 g/mol. The fourth-order valence-electron chi connectivity index (χ4n) is 1.39. The largest absolute Gasteiger partial charge is 0.390 e. The maximum absolute atomic E-state index is 11.7. The van der Waals surface area contributed by atoms with Gasteiger partial charge in [-0.15, -0.1) is 0 Å². The minimum Gasteiger partial charge on any atom is -0.358 e. The number of carbonyl (C=O) groups excluding carboxylic acids is 1. The molecule has 0 bridgehead atoms. The number of aryl methyl sites for hydroxylation is 1. The zero-order valence-corrected chi connectivity index (χ0v) is 10.5. The van der Waals surface area contributed by atoms with Crippen LogP contribution in [0.1, 0.15) is 18.7 Å². The molecule has 94 valence electrons. The lowest BCUT2D eigenvalue weighted by Crippen LogP contribution is -2.33. The summed E-state index contributed by atoms with van der Waals surface area (Å²) in [6.45, 7) is 3.76. The number of aromatic nitrogens is 2. The second kappa shape index (κ2) is 5.67. The van der Waals surface area contributed by atoms with Crippen molar-refractivity contribution in [3.63, 3.8) is 0 Å². The highest BCUT2D eigenvalue weighted by atomic mass is 32.1. The van der Waals surface area contributed by atoms with Gasteiger partial charge < -0.3 is 15.4 Å². The molecule has 0 saturated heterocycles. The zero-order valence-electron chi connectivity index (χ0n) is 9.58. The minimum atomic E-state index is -0.582. The predicted octanol–water partition coefficient (Wildman–Crippen LogP) is 0.707. The first-order valence-corrected chi connectivity index (χ1v) is 5.69. The third kappa shape index (κ3) is 3.19. The Balaban J connectivity index is 2.84. The van der Waals surface area contributed by atoms with Crippen LogP contribution in [0.2, 0.25) is 0 Å². The highest BCUT2D eigenvalue weighted by Crippen LogP contribution is 2.15. The molecule has 0 aliphatic rings. The monoisotopic (exact) mass is 258 g/mol. The van der Waals surface area contributed by atoms with E-state index < -0.39 is 11.0 Å². The normalized spacial score (nSPS) is 12.2. The molecule has 0 fully saturated rings. The Morgan fingerprint density at radius 3 is 2.88 bits per heavy atom. The number of amides is 1. The van der Waals surface area contributed by atoms with E-state index in [1.807, 2.05) is 0 Å². The van der Waals surface area contributed by atoms with E-state index in [-0.39, 0.29) is 11.7 Å². The number of carbonyl (C=O) groups is 1. The van der Waals surface area contributed by atoms with Crippen LogP contribution in [0.4, 0.5) is 5.82 Å². The summed E-state index contributed by atoms with van der Waals surface area (Å²) in [5, 5.41) is 17.0. The zero-order chi connectivity index (χ0) is 13.0. The number of hydrogen-bond donors (Lipinski definition) is 2. The Labute approximate surface area is 104 Å². The second-order valence-electron chi connectivity index (χ2n) is 3.54. The molecule has 7 nitrogen and oxygen atoms in total. The van der Waals surface area contributed by atoms with Gasteiger partial charge in [-0.25, -0.2) is 0 Å². The van der Waals surface area contributed by atoms with Crippen LogP contribution >= 0.6 is 12.6 Å². The van der Waals surface area contributed by atoms with Gasteiger partial charge in [0.25, 0.3) is 0 Å². The van der Waals surface area contributed by atoms with Crippen LogP contribution in [0.5, 0.6) is 0 Å². The Hall–Kier alpha value is -1.57. The Morgan fingerprint density at radius 2 is 2.41 bits per heavy atom. The third-order valence-corrected chi connectivity index (χ3v) is 2.48. The van der Waals surface area contributed by atoms with Crippen molar-refractivity contribution in [1.82, 2.24) is 15.1 Å². The molecule has 1 rings (SSSR count). The van der Waals surface area contributed by atoms with Gasteiger partial charge in [0.1, 0.15) is 6.04 Å². The van der Waals surface area contributed by atoms with E-state index in [9.17, 15) is 14.9 Å². The smallest absolute Gasteiger partial charge is 0.358 e. The summed E-state index contributed by atoms with van der Waals surface area (Å²) < 4.78 is 1.34. The molecule has 1 atom stereocenters. The first-order valence-electron chi connectivity index (χ1n) is 5.06. The van der Waals surface area contributed by atoms with Gasteiger partial charge in [-0.3, -0.25) is 4.79 Å². The average Bonchev–Trinajstić information content (AvgIpc) is 2.67. The fourth-order valence-corrected chi connectivity index (χ4v) is 1.50. The van der Waals surface area contributed by atoms with E-state index in [0.29, 0.717) is 18.0 Å². The molecule has 17 heavy (non-hydrogen) atoms. The van der Waals surface area contributed by atoms with E-state index in [2.05, 4.69) is 23.0 Å². The Kier molecular flexibility index (Phi) is 4.50. The summed E-state index contributed by atoms with van der Waals surface area (Å²) in [5.74, 6) is 0.0490. The van der Waals surface area contributed by atoms with Gasteiger partial charge in [0, 0.05) is 12.3 Å². The number of rotatable bonds is 5. The first kappa shape index (κ1) is 13.5. The van der Waals surface area contributed by atoms with Gasteiger partial charge in [0.15, 0.2) is 0 Å². The molecule has 0 aliphatic carbocycles. The van der Waals surface area contributed by atoms with Crippen LogP contribution in [-0.4, -0.2) is 32.9 Å². The third-order valence-electron chi connectivity index (χ3n) is 2.25. The molecule has 0 aromatic carbocycles. The van der Waals surface area contributed by atoms with Crippen LogP contribution < -0.4 is 5.32 Å². The quantitative estimate of drug-likeness (QED) is 0.462. The molecule has 1 amide bonds. The SMILES string of the molecule is Cc1cc([N+](=O)[O-])nn1C(C)C(=O)NCCS. The number of nitrogens with one attached hydrogen (secondary N) is 1. The van der Waals surface area contributed by atoms with Crippen LogP contribution in [0.15, 0.2) is 6.07 Å². The summed E-state index contributed by atoms with van der Waals surface area (Å²) in [6, 6.07) is 0.756. The van der Waals surface area contributed by atoms with E-state index in [4.69, 9.17) is 0 Å². The predicted molar refractivity (Wildman–Crippen MR) is 65.2 cm³/mol. The molecular formula is C9H14N4O3S. The molecule has 1 heterocycles. The lowest BCUT2D eigenvalue weighted by atomic mass is 10.3. The van der Waals surface area contributed by atoms with Crippen molar-refractivity contribution >= 4 is 24.4 Å². The van der Waals surface area contributed by atoms with Crippen LogP contribution in [0, 0.1) is 17.0 Å². The van der Waals surface area contributed by atoms with Gasteiger partial charge in [-0.1, -0.05) is 0 Å². The van der Waals surface area contributed by atoms with Crippen molar-refractivity contribution in [1.29, 1.82) is 0 Å². The summed E-state index contributed by atoms with van der Waals surface area (Å²) in [6.07, 6.45) is 0. The molecule has 8 heteroatoms. The summed E-state index contributed by atoms with van der Waals surface area (Å²) >= 11 is 3.98. The van der Waals surface area contributed by atoms with Gasteiger partial charge in [0.2, 0.25) is 5.91 Å². The van der Waals surface area contributed by atoms with Crippen molar-refractivity contribution in [2.45, 2.75) is 19.9 Å². The molecule has 0 spiro atoms. The number of thiol groups is 1. The molecule has 1 aromatic heterocycles. The van der Waals surface area contributed by atoms with Crippen LogP contribution in [0.25, 0.3) is 0 Å². The highest BCUT2D eigenvalue weighted by Gasteiger charge is 2.23. The maximum Gasteiger partial charge on any atom is 0.390 e. The molecule has 1 N–H and O–H groups in total. The van der Waals surface area contributed by atoms with Gasteiger partial charge in [-0.2, -0.15) is 17.3 Å². The first-order chi connectivity index (χ1) is 7.97. The minimum absolute atomic E-state index is 0.236. The van der Waals surface area contributed by atoms with Crippen molar-refractivity contribution in [2.24, 2.45) is 0 Å². The topological polar surface area (TPSA) is 90.1 Å². The van der Waals surface area contributed by atoms with E-state index >= 15 is 0 Å². The average molecular weight is 258 g/mol. The fraction of sp³-hybridized carbons (Fsp3) is 0.556. The van der Waals surface area contributed by atoms with Crippen molar-refractivity contribution in [3.8, 4) is 0 Å². The lowest BCUT2D eigenvalue weighted by molar-refractivity contribution is -0.389. The van der Waals surface area contributed by atoms with E-state index in [1.54, 1.807) is 13.8 Å². The van der Waals surface area contributed by atoms with E-state index in [1.165, 1.54) is 10.7 Å². The molecule has 0 saturated carbocycles. The molecule has 1 aromatic rings. The summed E-state index contributed by atoms with van der Waals surface area (Å²) in [7, 11) is 0. The standard InChI is InChI=1S/C9H14N4O3S/c1-6-5-8(13(15)16)11-12(6)7(2)9(14)10-3-4-17/h5,7,17H,3-4H2,1-2H3,(H,10,14). The molecule has 0 aliphatic heterocycles. The van der Waals surface area contributed by atoms with Gasteiger partial charge in [0.05, 0.1) is 16.9 Å². The van der Waals surface area contributed by atoms with Gasteiger partial charge in [-0.05, 0) is 18.8 Å². The Morgan fingerprint density at radius 1 is 1.76 bits per heavy atom.